The maximum Gasteiger partial charge on any atom is 0.0731 e. The highest BCUT2D eigenvalue weighted by atomic mass is 16.3. The molecule has 104 valence electrons. The number of aliphatic hydroxyl groups is 1. The number of rotatable bonds is 2. The number of aryl methyl sites for hydroxylation is 3. The van der Waals surface area contributed by atoms with E-state index in [0.29, 0.717) is 0 Å². The molecule has 1 atom stereocenters. The van der Waals surface area contributed by atoms with Gasteiger partial charge in [0.25, 0.3) is 0 Å². The summed E-state index contributed by atoms with van der Waals surface area (Å²) in [6, 6.07) is 15.0. The Balaban J connectivity index is 1.82. The minimum absolute atomic E-state index is 0.587. The van der Waals surface area contributed by atoms with Crippen LogP contribution in [0.3, 0.4) is 0 Å². The second-order valence-electron chi connectivity index (χ2n) is 6.27. The van der Waals surface area contributed by atoms with Gasteiger partial charge >= 0.3 is 0 Å². The maximum absolute atomic E-state index is 10.9. The van der Waals surface area contributed by atoms with E-state index in [1.807, 2.05) is 0 Å². The van der Waals surface area contributed by atoms with Crippen LogP contribution in [0.15, 0.2) is 42.5 Å². The molecule has 2 aromatic rings. The molecule has 0 spiro atoms. The first-order valence-electron chi connectivity index (χ1n) is 7.41. The molecule has 0 aliphatic heterocycles. The van der Waals surface area contributed by atoms with Crippen molar-refractivity contribution < 1.29 is 5.11 Å². The molecular formula is C19H22O. The predicted molar refractivity (Wildman–Crippen MR) is 83.0 cm³/mol. The molecule has 3 rings (SSSR count). The number of hydrogen-bond acceptors (Lipinski definition) is 1. The van der Waals surface area contributed by atoms with Gasteiger partial charge in [-0.3, -0.25) is 0 Å². The third kappa shape index (κ3) is 2.64. The molecule has 0 amide bonds. The van der Waals surface area contributed by atoms with Gasteiger partial charge in [-0.2, -0.15) is 0 Å². The Bertz CT molecular complexity index is 629. The highest BCUT2D eigenvalue weighted by molar-refractivity contribution is 5.34. The van der Waals surface area contributed by atoms with Gasteiger partial charge in [-0.1, -0.05) is 42.5 Å². The molecular weight excluding hydrogens is 244 g/mol. The van der Waals surface area contributed by atoms with E-state index in [1.165, 1.54) is 27.8 Å². The lowest BCUT2D eigenvalue weighted by molar-refractivity contribution is 0.0267. The smallest absolute Gasteiger partial charge is 0.0731 e. The topological polar surface area (TPSA) is 20.2 Å². The summed E-state index contributed by atoms with van der Waals surface area (Å²) in [5.74, 6) is 0. The van der Waals surface area contributed by atoms with Gasteiger partial charge in [0, 0.05) is 12.8 Å². The molecule has 0 saturated heterocycles. The molecule has 2 aromatic carbocycles. The van der Waals surface area contributed by atoms with Gasteiger partial charge in [0.2, 0.25) is 0 Å². The Kier molecular flexibility index (Phi) is 3.39. The fraction of sp³-hybridized carbons (Fsp3) is 0.368. The van der Waals surface area contributed by atoms with Crippen LogP contribution in [0.5, 0.6) is 0 Å². The summed E-state index contributed by atoms with van der Waals surface area (Å²) in [4.78, 5) is 0. The molecule has 1 unspecified atom stereocenters. The number of hydrogen-bond donors (Lipinski definition) is 1. The third-order valence-corrected chi connectivity index (χ3v) is 4.60. The Morgan fingerprint density at radius 3 is 2.50 bits per heavy atom. The molecule has 1 N–H and O–H groups in total. The van der Waals surface area contributed by atoms with Crippen molar-refractivity contribution >= 4 is 0 Å². The first-order chi connectivity index (χ1) is 9.56. The van der Waals surface area contributed by atoms with Crippen LogP contribution in [0, 0.1) is 13.8 Å². The zero-order valence-electron chi connectivity index (χ0n) is 12.3. The van der Waals surface area contributed by atoms with E-state index in [-0.39, 0.29) is 0 Å². The Labute approximate surface area is 121 Å². The van der Waals surface area contributed by atoms with Crippen LogP contribution in [0.2, 0.25) is 0 Å². The Morgan fingerprint density at radius 2 is 1.75 bits per heavy atom. The lowest BCUT2D eigenvalue weighted by Gasteiger charge is -2.34. The van der Waals surface area contributed by atoms with E-state index >= 15 is 0 Å². The van der Waals surface area contributed by atoms with E-state index in [2.05, 4.69) is 56.3 Å². The molecule has 1 heteroatoms. The third-order valence-electron chi connectivity index (χ3n) is 4.60. The van der Waals surface area contributed by atoms with Crippen molar-refractivity contribution in [1.29, 1.82) is 0 Å². The highest BCUT2D eigenvalue weighted by Crippen LogP contribution is 2.31. The summed E-state index contributed by atoms with van der Waals surface area (Å²) in [6.45, 7) is 4.27. The van der Waals surface area contributed by atoms with Gasteiger partial charge in [0.05, 0.1) is 5.60 Å². The average molecular weight is 266 g/mol. The van der Waals surface area contributed by atoms with Crippen LogP contribution in [0.4, 0.5) is 0 Å². The highest BCUT2D eigenvalue weighted by Gasteiger charge is 2.32. The predicted octanol–water partition coefficient (Wildman–Crippen LogP) is 3.77. The Hall–Kier alpha value is -1.60. The molecule has 1 nitrogen and oxygen atoms in total. The van der Waals surface area contributed by atoms with Crippen molar-refractivity contribution in [3.05, 3.63) is 70.3 Å². The van der Waals surface area contributed by atoms with Crippen LogP contribution < -0.4 is 0 Å². The minimum Gasteiger partial charge on any atom is -0.389 e. The first-order valence-corrected chi connectivity index (χ1v) is 7.41. The average Bonchev–Trinajstić information content (AvgIpc) is 2.42. The summed E-state index contributed by atoms with van der Waals surface area (Å²) >= 11 is 0. The van der Waals surface area contributed by atoms with Crippen molar-refractivity contribution in [2.45, 2.75) is 45.1 Å². The normalized spacial score (nSPS) is 21.6. The van der Waals surface area contributed by atoms with Gasteiger partial charge in [0.1, 0.15) is 0 Å². The number of fused-ring (bicyclic) bond motifs is 1. The second-order valence-corrected chi connectivity index (χ2v) is 6.27. The maximum atomic E-state index is 10.9. The standard InChI is InChI=1S/C19H22O/c1-14-7-8-16(11-15(14)2)12-19(20)10-9-17-5-3-4-6-18(17)13-19/h3-8,11,20H,9-10,12-13H2,1-2H3. The summed E-state index contributed by atoms with van der Waals surface area (Å²) < 4.78 is 0. The molecule has 0 fully saturated rings. The van der Waals surface area contributed by atoms with Crippen molar-refractivity contribution in [3.8, 4) is 0 Å². The molecule has 1 aliphatic rings. The largest absolute Gasteiger partial charge is 0.389 e. The van der Waals surface area contributed by atoms with Gasteiger partial charge in [-0.15, -0.1) is 0 Å². The molecule has 0 heterocycles. The van der Waals surface area contributed by atoms with E-state index in [9.17, 15) is 5.11 Å². The SMILES string of the molecule is Cc1ccc(CC2(O)CCc3ccccc3C2)cc1C. The Morgan fingerprint density at radius 1 is 1.00 bits per heavy atom. The van der Waals surface area contributed by atoms with E-state index in [0.717, 1.165) is 25.7 Å². The van der Waals surface area contributed by atoms with Crippen LogP contribution in [-0.4, -0.2) is 10.7 Å². The van der Waals surface area contributed by atoms with Gasteiger partial charge in [-0.25, -0.2) is 0 Å². The van der Waals surface area contributed by atoms with Crippen LogP contribution in [0.25, 0.3) is 0 Å². The summed E-state index contributed by atoms with van der Waals surface area (Å²) in [5.41, 5.74) is 5.99. The summed E-state index contributed by atoms with van der Waals surface area (Å²) in [6.07, 6.45) is 3.37. The fourth-order valence-corrected chi connectivity index (χ4v) is 3.23. The summed E-state index contributed by atoms with van der Waals surface area (Å²) in [5, 5.41) is 10.9. The van der Waals surface area contributed by atoms with E-state index in [4.69, 9.17) is 0 Å². The monoisotopic (exact) mass is 266 g/mol. The van der Waals surface area contributed by atoms with Gasteiger partial charge in [0.15, 0.2) is 0 Å². The van der Waals surface area contributed by atoms with Crippen molar-refractivity contribution in [1.82, 2.24) is 0 Å². The van der Waals surface area contributed by atoms with E-state index in [1.54, 1.807) is 0 Å². The number of benzene rings is 2. The van der Waals surface area contributed by atoms with Crippen molar-refractivity contribution in [2.75, 3.05) is 0 Å². The molecule has 0 radical (unpaired) electrons. The molecule has 0 bridgehead atoms. The van der Waals surface area contributed by atoms with Crippen LogP contribution in [-0.2, 0) is 19.3 Å². The quantitative estimate of drug-likeness (QED) is 0.877. The van der Waals surface area contributed by atoms with Crippen molar-refractivity contribution in [2.24, 2.45) is 0 Å². The summed E-state index contributed by atoms with van der Waals surface area (Å²) in [7, 11) is 0. The molecule has 20 heavy (non-hydrogen) atoms. The fourth-order valence-electron chi connectivity index (χ4n) is 3.23. The van der Waals surface area contributed by atoms with Crippen molar-refractivity contribution in [3.63, 3.8) is 0 Å². The lowest BCUT2D eigenvalue weighted by atomic mass is 9.77. The minimum atomic E-state index is -0.587. The lowest BCUT2D eigenvalue weighted by Crippen LogP contribution is -2.38. The molecule has 0 saturated carbocycles. The van der Waals surface area contributed by atoms with E-state index < -0.39 is 5.60 Å². The van der Waals surface area contributed by atoms with Gasteiger partial charge < -0.3 is 5.11 Å². The zero-order valence-corrected chi connectivity index (χ0v) is 12.3. The second kappa shape index (κ2) is 5.06. The van der Waals surface area contributed by atoms with Crippen LogP contribution in [0.1, 0.15) is 34.2 Å². The zero-order chi connectivity index (χ0) is 14.2. The van der Waals surface area contributed by atoms with Crippen LogP contribution >= 0.6 is 0 Å². The molecule has 1 aliphatic carbocycles. The molecule has 0 aromatic heterocycles. The van der Waals surface area contributed by atoms with Gasteiger partial charge in [-0.05, 0) is 54.5 Å². The first kappa shape index (κ1) is 13.4.